The molecule has 2 aromatic rings. The van der Waals surface area contributed by atoms with E-state index in [-0.39, 0.29) is 12.5 Å². The van der Waals surface area contributed by atoms with Crippen LogP contribution in [0.1, 0.15) is 18.7 Å². The molecule has 0 unspecified atom stereocenters. The summed E-state index contributed by atoms with van der Waals surface area (Å²) in [7, 11) is 0. The Balaban J connectivity index is 1.89. The molecule has 130 valence electrons. The van der Waals surface area contributed by atoms with E-state index in [9.17, 15) is 4.79 Å². The minimum Gasteiger partial charge on any atom is -0.395 e. The second-order valence-corrected chi connectivity index (χ2v) is 6.92. The van der Waals surface area contributed by atoms with Crippen molar-refractivity contribution in [3.63, 3.8) is 0 Å². The maximum absolute atomic E-state index is 11.5. The molecule has 0 atom stereocenters. The molecule has 2 aromatic heterocycles. The summed E-state index contributed by atoms with van der Waals surface area (Å²) in [6.07, 6.45) is 0.965. The van der Waals surface area contributed by atoms with Crippen molar-refractivity contribution in [3.05, 3.63) is 10.9 Å². The number of piperazine rings is 1. The number of nitrogens with zero attached hydrogens (tertiary/aromatic N) is 4. The molecule has 0 aromatic carbocycles. The Kier molecular flexibility index (Phi) is 5.15. The number of nitrogens with one attached hydrogen (secondary N) is 1. The summed E-state index contributed by atoms with van der Waals surface area (Å²) in [4.78, 5) is 27.1. The fourth-order valence-corrected chi connectivity index (χ4v) is 3.77. The fraction of sp³-hybridized carbons (Fsp3) is 0.562. The Labute approximate surface area is 145 Å². The normalized spacial score (nSPS) is 15.1. The van der Waals surface area contributed by atoms with E-state index in [2.05, 4.69) is 28.2 Å². The lowest BCUT2D eigenvalue weighted by molar-refractivity contribution is -0.129. The van der Waals surface area contributed by atoms with Crippen LogP contribution >= 0.6 is 11.3 Å². The van der Waals surface area contributed by atoms with Gasteiger partial charge in [0.2, 0.25) is 11.9 Å². The molecule has 1 amide bonds. The van der Waals surface area contributed by atoms with E-state index in [1.807, 2.05) is 4.90 Å². The summed E-state index contributed by atoms with van der Waals surface area (Å²) in [6.45, 7) is 7.10. The minimum atomic E-state index is 0.0584. The molecule has 0 aliphatic carbocycles. The summed E-state index contributed by atoms with van der Waals surface area (Å²) in [5.41, 5.74) is 0. The zero-order valence-corrected chi connectivity index (χ0v) is 14.9. The van der Waals surface area contributed by atoms with Gasteiger partial charge in [0.15, 0.2) is 0 Å². The molecular weight excluding hydrogens is 326 g/mol. The van der Waals surface area contributed by atoms with Crippen molar-refractivity contribution in [2.24, 2.45) is 0 Å². The van der Waals surface area contributed by atoms with Crippen molar-refractivity contribution in [2.45, 2.75) is 20.3 Å². The largest absolute Gasteiger partial charge is 0.395 e. The Morgan fingerprint density at radius 3 is 2.71 bits per heavy atom. The van der Waals surface area contributed by atoms with E-state index in [0.717, 1.165) is 35.5 Å². The monoisotopic (exact) mass is 349 g/mol. The average Bonchev–Trinajstić information content (AvgIpc) is 3.03. The number of amides is 1. The maximum atomic E-state index is 11.5. The number of aromatic nitrogens is 2. The van der Waals surface area contributed by atoms with Crippen LogP contribution in [0, 0.1) is 0 Å². The summed E-state index contributed by atoms with van der Waals surface area (Å²) in [5, 5.41) is 13.3. The smallest absolute Gasteiger partial charge is 0.228 e. The standard InChI is InChI=1S/C16H23N5O2S/c1-3-12-10-13-14(17-4-9-22)18-16(19-15(13)24-12)21-7-5-20(6-8-21)11(2)23/h10,22H,3-9H2,1-2H3,(H,17,18,19). The average molecular weight is 349 g/mol. The Morgan fingerprint density at radius 2 is 2.08 bits per heavy atom. The zero-order valence-electron chi connectivity index (χ0n) is 14.1. The highest BCUT2D eigenvalue weighted by Gasteiger charge is 2.22. The third-order valence-corrected chi connectivity index (χ3v) is 5.37. The van der Waals surface area contributed by atoms with Crippen LogP contribution in [0.5, 0.6) is 0 Å². The molecule has 1 aliphatic heterocycles. The van der Waals surface area contributed by atoms with Crippen LogP contribution in [0.25, 0.3) is 10.2 Å². The maximum Gasteiger partial charge on any atom is 0.228 e. The molecule has 0 bridgehead atoms. The van der Waals surface area contributed by atoms with Gasteiger partial charge in [0.05, 0.1) is 12.0 Å². The molecular formula is C16H23N5O2S. The van der Waals surface area contributed by atoms with Gasteiger partial charge in [-0.25, -0.2) is 4.98 Å². The van der Waals surface area contributed by atoms with Crippen LogP contribution in [-0.4, -0.2) is 65.2 Å². The molecule has 1 aliphatic rings. The van der Waals surface area contributed by atoms with Crippen molar-refractivity contribution in [1.82, 2.24) is 14.9 Å². The number of hydrogen-bond donors (Lipinski definition) is 2. The highest BCUT2D eigenvalue weighted by molar-refractivity contribution is 7.18. The molecule has 0 saturated carbocycles. The first-order valence-electron chi connectivity index (χ1n) is 8.28. The Hall–Kier alpha value is -1.93. The molecule has 3 heterocycles. The molecule has 0 radical (unpaired) electrons. The Bertz CT molecular complexity index is 725. The third kappa shape index (κ3) is 3.44. The van der Waals surface area contributed by atoms with Gasteiger partial charge in [-0.15, -0.1) is 11.3 Å². The van der Waals surface area contributed by atoms with E-state index in [0.29, 0.717) is 25.6 Å². The van der Waals surface area contributed by atoms with Gasteiger partial charge in [-0.05, 0) is 12.5 Å². The minimum absolute atomic E-state index is 0.0584. The third-order valence-electron chi connectivity index (χ3n) is 4.19. The topological polar surface area (TPSA) is 81.6 Å². The molecule has 0 spiro atoms. The summed E-state index contributed by atoms with van der Waals surface area (Å²) in [5.74, 6) is 1.58. The first-order valence-corrected chi connectivity index (χ1v) is 9.09. The van der Waals surface area contributed by atoms with Gasteiger partial charge in [-0.1, -0.05) is 6.92 Å². The summed E-state index contributed by atoms with van der Waals surface area (Å²) < 4.78 is 0. The fourth-order valence-electron chi connectivity index (χ4n) is 2.81. The van der Waals surface area contributed by atoms with Crippen LogP contribution in [-0.2, 0) is 11.2 Å². The van der Waals surface area contributed by atoms with Crippen molar-refractivity contribution in [3.8, 4) is 0 Å². The number of aryl methyl sites for hydroxylation is 1. The van der Waals surface area contributed by atoms with Crippen LogP contribution in [0.2, 0.25) is 0 Å². The number of hydrogen-bond acceptors (Lipinski definition) is 7. The number of carbonyl (C=O) groups is 1. The predicted octanol–water partition coefficient (Wildman–Crippen LogP) is 1.33. The number of fused-ring (bicyclic) bond motifs is 1. The van der Waals surface area contributed by atoms with E-state index in [1.165, 1.54) is 4.88 Å². The first kappa shape index (κ1) is 16.9. The number of thiophene rings is 1. The lowest BCUT2D eigenvalue weighted by atomic mass is 10.3. The quantitative estimate of drug-likeness (QED) is 0.847. The van der Waals surface area contributed by atoms with E-state index in [4.69, 9.17) is 10.1 Å². The molecule has 1 fully saturated rings. The van der Waals surface area contributed by atoms with Gasteiger partial charge in [-0.2, -0.15) is 4.98 Å². The molecule has 1 saturated heterocycles. The highest BCUT2D eigenvalue weighted by Crippen LogP contribution is 2.31. The lowest BCUT2D eigenvalue weighted by Gasteiger charge is -2.34. The predicted molar refractivity (Wildman–Crippen MR) is 96.8 cm³/mol. The molecule has 7 nitrogen and oxygen atoms in total. The first-order chi connectivity index (χ1) is 11.6. The number of anilines is 2. The van der Waals surface area contributed by atoms with Crippen LogP contribution < -0.4 is 10.2 Å². The SMILES string of the molecule is CCc1cc2c(NCCO)nc(N3CCN(C(C)=O)CC3)nc2s1. The second kappa shape index (κ2) is 7.31. The molecule has 2 N–H and O–H groups in total. The lowest BCUT2D eigenvalue weighted by Crippen LogP contribution is -2.48. The van der Waals surface area contributed by atoms with Gasteiger partial charge in [0.1, 0.15) is 10.6 Å². The van der Waals surface area contributed by atoms with Crippen molar-refractivity contribution < 1.29 is 9.90 Å². The van der Waals surface area contributed by atoms with E-state index < -0.39 is 0 Å². The van der Waals surface area contributed by atoms with Gasteiger partial charge >= 0.3 is 0 Å². The van der Waals surface area contributed by atoms with Crippen LogP contribution in [0.4, 0.5) is 11.8 Å². The van der Waals surface area contributed by atoms with Crippen molar-refractivity contribution in [1.29, 1.82) is 0 Å². The van der Waals surface area contributed by atoms with Crippen LogP contribution in [0.3, 0.4) is 0 Å². The second-order valence-electron chi connectivity index (χ2n) is 5.80. The number of aliphatic hydroxyl groups excluding tert-OH is 1. The molecule has 8 heteroatoms. The number of aliphatic hydroxyl groups is 1. The number of carbonyl (C=O) groups excluding carboxylic acids is 1. The van der Waals surface area contributed by atoms with Crippen LogP contribution in [0.15, 0.2) is 6.07 Å². The van der Waals surface area contributed by atoms with E-state index in [1.54, 1.807) is 18.3 Å². The van der Waals surface area contributed by atoms with Gasteiger partial charge in [0, 0.05) is 44.5 Å². The molecule has 24 heavy (non-hydrogen) atoms. The zero-order chi connectivity index (χ0) is 17.1. The Morgan fingerprint density at radius 1 is 1.33 bits per heavy atom. The van der Waals surface area contributed by atoms with Gasteiger partial charge in [0.25, 0.3) is 0 Å². The van der Waals surface area contributed by atoms with Crippen molar-refractivity contribution in [2.75, 3.05) is 49.5 Å². The van der Waals surface area contributed by atoms with Gasteiger partial charge in [-0.3, -0.25) is 4.79 Å². The van der Waals surface area contributed by atoms with Crippen molar-refractivity contribution >= 4 is 39.2 Å². The summed E-state index contributed by atoms with van der Waals surface area (Å²) >= 11 is 1.68. The highest BCUT2D eigenvalue weighted by atomic mass is 32.1. The summed E-state index contributed by atoms with van der Waals surface area (Å²) in [6, 6.07) is 2.12. The van der Waals surface area contributed by atoms with Gasteiger partial charge < -0.3 is 20.2 Å². The molecule has 3 rings (SSSR count). The van der Waals surface area contributed by atoms with E-state index >= 15 is 0 Å². The number of rotatable bonds is 5.